The molecule has 0 saturated heterocycles. The summed E-state index contributed by atoms with van der Waals surface area (Å²) < 4.78 is 0. The average Bonchev–Trinajstić information content (AvgIpc) is 2.15. The summed E-state index contributed by atoms with van der Waals surface area (Å²) in [7, 11) is 0. The van der Waals surface area contributed by atoms with Gasteiger partial charge in [0.05, 0.1) is 0 Å². The van der Waals surface area contributed by atoms with Gasteiger partial charge in [0.1, 0.15) is 5.82 Å². The lowest BCUT2D eigenvalue weighted by Gasteiger charge is -2.02. The zero-order valence-corrected chi connectivity index (χ0v) is 7.32. The molecule has 0 fully saturated rings. The first-order valence-electron chi connectivity index (χ1n) is 4.04. The molecule has 0 unspecified atom stereocenters. The Morgan fingerprint density at radius 1 is 1.69 bits per heavy atom. The highest BCUT2D eigenvalue weighted by Crippen LogP contribution is 2.01. The molecule has 1 aromatic rings. The van der Waals surface area contributed by atoms with Gasteiger partial charge < -0.3 is 10.4 Å². The highest BCUT2D eigenvalue weighted by Gasteiger charge is 2.05. The molecule has 5 nitrogen and oxygen atoms in total. The zero-order chi connectivity index (χ0) is 9.68. The van der Waals surface area contributed by atoms with Crippen LogP contribution in [0.1, 0.15) is 24.0 Å². The van der Waals surface area contributed by atoms with Crippen molar-refractivity contribution in [2.75, 3.05) is 11.9 Å². The number of rotatable bonds is 4. The minimum atomic E-state index is -1.11. The van der Waals surface area contributed by atoms with E-state index in [1.54, 1.807) is 6.07 Å². The Kier molecular flexibility index (Phi) is 3.19. The van der Waals surface area contributed by atoms with Crippen molar-refractivity contribution >= 4 is 11.8 Å². The van der Waals surface area contributed by atoms with Crippen molar-refractivity contribution < 1.29 is 9.90 Å². The molecule has 1 heterocycles. The van der Waals surface area contributed by atoms with E-state index in [0.29, 0.717) is 5.82 Å². The number of nitrogens with zero attached hydrogens (tertiary/aromatic N) is 2. The Balaban J connectivity index is 2.73. The number of nitrogens with one attached hydrogen (secondary N) is 1. The Morgan fingerprint density at radius 2 is 2.46 bits per heavy atom. The summed E-state index contributed by atoms with van der Waals surface area (Å²) in [4.78, 5) is 17.9. The molecule has 1 rings (SSSR count). The highest BCUT2D eigenvalue weighted by molar-refractivity contribution is 5.83. The molecule has 0 amide bonds. The van der Waals surface area contributed by atoms with E-state index in [0.717, 1.165) is 13.0 Å². The van der Waals surface area contributed by atoms with Gasteiger partial charge >= 0.3 is 5.97 Å². The molecule has 13 heavy (non-hydrogen) atoms. The first-order valence-corrected chi connectivity index (χ1v) is 4.04. The fourth-order valence-corrected chi connectivity index (χ4v) is 0.813. The van der Waals surface area contributed by atoms with Crippen molar-refractivity contribution in [2.45, 2.75) is 13.3 Å². The number of aromatic carboxylic acids is 1. The third kappa shape index (κ3) is 2.70. The fourth-order valence-electron chi connectivity index (χ4n) is 0.813. The van der Waals surface area contributed by atoms with Crippen LogP contribution in [0.5, 0.6) is 0 Å². The van der Waals surface area contributed by atoms with E-state index in [4.69, 9.17) is 5.11 Å². The first-order chi connectivity index (χ1) is 6.24. The Hall–Kier alpha value is -1.65. The van der Waals surface area contributed by atoms with Gasteiger partial charge in [-0.05, 0) is 12.5 Å². The SMILES string of the molecule is CCCNc1ccnc(C(=O)O)n1. The van der Waals surface area contributed by atoms with Gasteiger partial charge in [-0.15, -0.1) is 0 Å². The maximum absolute atomic E-state index is 10.5. The van der Waals surface area contributed by atoms with Crippen molar-refractivity contribution in [3.8, 4) is 0 Å². The number of carbonyl (C=O) groups is 1. The monoisotopic (exact) mass is 181 g/mol. The fraction of sp³-hybridized carbons (Fsp3) is 0.375. The van der Waals surface area contributed by atoms with Crippen LogP contribution in [0.3, 0.4) is 0 Å². The second kappa shape index (κ2) is 4.39. The van der Waals surface area contributed by atoms with Crippen molar-refractivity contribution in [2.24, 2.45) is 0 Å². The van der Waals surface area contributed by atoms with Gasteiger partial charge in [-0.1, -0.05) is 6.92 Å². The van der Waals surface area contributed by atoms with E-state index in [2.05, 4.69) is 15.3 Å². The quantitative estimate of drug-likeness (QED) is 0.724. The van der Waals surface area contributed by atoms with Crippen molar-refractivity contribution in [3.05, 3.63) is 18.1 Å². The second-order valence-corrected chi connectivity index (χ2v) is 2.50. The molecule has 5 heteroatoms. The molecule has 2 N–H and O–H groups in total. The maximum Gasteiger partial charge on any atom is 0.374 e. The largest absolute Gasteiger partial charge is 0.475 e. The first kappa shape index (κ1) is 9.44. The van der Waals surface area contributed by atoms with Crippen LogP contribution in [0.25, 0.3) is 0 Å². The van der Waals surface area contributed by atoms with Crippen LogP contribution in [0.4, 0.5) is 5.82 Å². The Morgan fingerprint density at radius 3 is 3.08 bits per heavy atom. The molecule has 0 aliphatic rings. The lowest BCUT2D eigenvalue weighted by molar-refractivity contribution is 0.0683. The van der Waals surface area contributed by atoms with E-state index in [1.807, 2.05) is 6.92 Å². The third-order valence-corrected chi connectivity index (χ3v) is 1.40. The predicted octanol–water partition coefficient (Wildman–Crippen LogP) is 0.997. The number of hydrogen-bond acceptors (Lipinski definition) is 4. The topological polar surface area (TPSA) is 75.1 Å². The number of carboxylic acids is 1. The predicted molar refractivity (Wildman–Crippen MR) is 47.8 cm³/mol. The Bertz CT molecular complexity index is 301. The molecule has 0 atom stereocenters. The highest BCUT2D eigenvalue weighted by atomic mass is 16.4. The van der Waals surface area contributed by atoms with Crippen molar-refractivity contribution in [1.82, 2.24) is 9.97 Å². The summed E-state index contributed by atoms with van der Waals surface area (Å²) in [6.45, 7) is 2.79. The number of anilines is 1. The van der Waals surface area contributed by atoms with Gasteiger partial charge in [0.15, 0.2) is 0 Å². The van der Waals surface area contributed by atoms with Crippen LogP contribution in [0, 0.1) is 0 Å². The number of carboxylic acid groups (broad SMARTS) is 1. The molecule has 0 aliphatic heterocycles. The molecular weight excluding hydrogens is 170 g/mol. The Labute approximate surface area is 75.8 Å². The summed E-state index contributed by atoms with van der Waals surface area (Å²) in [5.41, 5.74) is 0. The van der Waals surface area contributed by atoms with E-state index in [9.17, 15) is 4.79 Å². The van der Waals surface area contributed by atoms with Crippen molar-refractivity contribution in [1.29, 1.82) is 0 Å². The lowest BCUT2D eigenvalue weighted by Crippen LogP contribution is -2.08. The van der Waals surface area contributed by atoms with Gasteiger partial charge in [0.2, 0.25) is 5.82 Å². The van der Waals surface area contributed by atoms with E-state index < -0.39 is 5.97 Å². The molecule has 1 aromatic heterocycles. The van der Waals surface area contributed by atoms with E-state index >= 15 is 0 Å². The van der Waals surface area contributed by atoms with Crippen LogP contribution in [0.2, 0.25) is 0 Å². The minimum Gasteiger partial charge on any atom is -0.475 e. The molecule has 0 aliphatic carbocycles. The molecular formula is C8H11N3O2. The summed E-state index contributed by atoms with van der Waals surface area (Å²) in [5.74, 6) is -0.740. The summed E-state index contributed by atoms with van der Waals surface area (Å²) >= 11 is 0. The van der Waals surface area contributed by atoms with Crippen LogP contribution >= 0.6 is 0 Å². The van der Waals surface area contributed by atoms with E-state index in [-0.39, 0.29) is 5.82 Å². The van der Waals surface area contributed by atoms with Crippen LogP contribution in [-0.2, 0) is 0 Å². The summed E-state index contributed by atoms with van der Waals surface area (Å²) in [6.07, 6.45) is 2.39. The van der Waals surface area contributed by atoms with Gasteiger partial charge in [-0.3, -0.25) is 0 Å². The van der Waals surface area contributed by atoms with E-state index in [1.165, 1.54) is 6.20 Å². The second-order valence-electron chi connectivity index (χ2n) is 2.50. The lowest BCUT2D eigenvalue weighted by atomic mass is 10.4. The van der Waals surface area contributed by atoms with Crippen LogP contribution in [-0.4, -0.2) is 27.6 Å². The summed E-state index contributed by atoms with van der Waals surface area (Å²) in [5, 5.41) is 11.6. The molecule has 0 spiro atoms. The van der Waals surface area contributed by atoms with Gasteiger partial charge in [0.25, 0.3) is 0 Å². The average molecular weight is 181 g/mol. The van der Waals surface area contributed by atoms with Gasteiger partial charge in [-0.25, -0.2) is 14.8 Å². The zero-order valence-electron chi connectivity index (χ0n) is 7.32. The van der Waals surface area contributed by atoms with Gasteiger partial charge in [0, 0.05) is 12.7 Å². The molecule has 0 bridgehead atoms. The number of hydrogen-bond donors (Lipinski definition) is 2. The van der Waals surface area contributed by atoms with Crippen LogP contribution < -0.4 is 5.32 Å². The molecule has 0 radical (unpaired) electrons. The molecule has 0 aromatic carbocycles. The van der Waals surface area contributed by atoms with Crippen LogP contribution in [0.15, 0.2) is 12.3 Å². The summed E-state index contributed by atoms with van der Waals surface area (Å²) in [6, 6.07) is 1.64. The normalized spacial score (nSPS) is 9.62. The third-order valence-electron chi connectivity index (χ3n) is 1.40. The minimum absolute atomic E-state index is 0.180. The van der Waals surface area contributed by atoms with Gasteiger partial charge in [-0.2, -0.15) is 0 Å². The molecule has 0 saturated carbocycles. The maximum atomic E-state index is 10.5. The standard InChI is InChI=1S/C8H11N3O2/c1-2-4-9-6-3-5-10-7(11-6)8(12)13/h3,5H,2,4H2,1H3,(H,12,13)(H,9,10,11). The smallest absolute Gasteiger partial charge is 0.374 e. The molecule has 70 valence electrons. The van der Waals surface area contributed by atoms with Crippen molar-refractivity contribution in [3.63, 3.8) is 0 Å². The number of aromatic nitrogens is 2.